The molecule has 2 fully saturated rings. The molecule has 1 N–H and O–H groups in total. The summed E-state index contributed by atoms with van der Waals surface area (Å²) in [5.74, 6) is 0.653. The van der Waals surface area contributed by atoms with E-state index in [9.17, 15) is 4.39 Å². The number of ether oxygens (including phenoxy) is 1. The van der Waals surface area contributed by atoms with Gasteiger partial charge in [0, 0.05) is 50.3 Å². The first-order valence-electron chi connectivity index (χ1n) is 8.38. The van der Waals surface area contributed by atoms with Gasteiger partial charge in [0.05, 0.1) is 13.2 Å². The predicted octanol–water partition coefficient (Wildman–Crippen LogP) is 2.69. The highest BCUT2D eigenvalue weighted by Crippen LogP contribution is 2.19. The molecule has 25 heavy (non-hydrogen) atoms. The number of rotatable bonds is 3. The maximum absolute atomic E-state index is 13.4. The van der Waals surface area contributed by atoms with Crippen LogP contribution in [0.4, 0.5) is 4.39 Å². The molecule has 0 aliphatic carbocycles. The van der Waals surface area contributed by atoms with Crippen LogP contribution in [0.25, 0.3) is 0 Å². The molecule has 0 amide bonds. The van der Waals surface area contributed by atoms with Crippen molar-refractivity contribution in [2.45, 2.75) is 19.0 Å². The molecule has 0 bridgehead atoms. The van der Waals surface area contributed by atoms with Crippen LogP contribution in [-0.2, 0) is 11.3 Å². The minimum Gasteiger partial charge on any atom is -0.379 e. The minimum atomic E-state index is -0.224. The zero-order chi connectivity index (χ0) is 16.9. The molecular formula is C17H25BrFIN4O. The SMILES string of the molecule is CN=C(NCc1cc(F)ccc1Br)N1CCC(N2CCOCC2)C1.I. The molecule has 1 atom stereocenters. The van der Waals surface area contributed by atoms with E-state index in [0.29, 0.717) is 12.6 Å². The molecule has 0 spiro atoms. The number of aliphatic imine (C=N–C) groups is 1. The van der Waals surface area contributed by atoms with Crippen molar-refractivity contribution in [1.82, 2.24) is 15.1 Å². The number of hydrogen-bond acceptors (Lipinski definition) is 3. The fourth-order valence-electron chi connectivity index (χ4n) is 3.36. The molecular weight excluding hydrogens is 502 g/mol. The van der Waals surface area contributed by atoms with Gasteiger partial charge in [-0.15, -0.1) is 24.0 Å². The van der Waals surface area contributed by atoms with Crippen LogP contribution in [0, 0.1) is 5.82 Å². The van der Waals surface area contributed by atoms with E-state index >= 15 is 0 Å². The van der Waals surface area contributed by atoms with Gasteiger partial charge in [0.1, 0.15) is 5.82 Å². The lowest BCUT2D eigenvalue weighted by Gasteiger charge is -2.32. The van der Waals surface area contributed by atoms with Crippen molar-refractivity contribution in [3.63, 3.8) is 0 Å². The van der Waals surface area contributed by atoms with Gasteiger partial charge in [-0.3, -0.25) is 9.89 Å². The van der Waals surface area contributed by atoms with Crippen LogP contribution in [-0.4, -0.2) is 68.2 Å². The van der Waals surface area contributed by atoms with Crippen molar-refractivity contribution < 1.29 is 9.13 Å². The van der Waals surface area contributed by atoms with Gasteiger partial charge in [-0.05, 0) is 30.2 Å². The van der Waals surface area contributed by atoms with Crippen molar-refractivity contribution in [3.05, 3.63) is 34.1 Å². The number of hydrogen-bond donors (Lipinski definition) is 1. The fourth-order valence-corrected chi connectivity index (χ4v) is 3.75. The zero-order valence-corrected chi connectivity index (χ0v) is 18.3. The maximum Gasteiger partial charge on any atom is 0.193 e. The Labute approximate surface area is 174 Å². The molecule has 1 aromatic carbocycles. The summed E-state index contributed by atoms with van der Waals surface area (Å²) in [5.41, 5.74) is 0.889. The molecule has 140 valence electrons. The number of benzene rings is 1. The molecule has 5 nitrogen and oxygen atoms in total. The van der Waals surface area contributed by atoms with Crippen LogP contribution in [0.3, 0.4) is 0 Å². The molecule has 1 unspecified atom stereocenters. The lowest BCUT2D eigenvalue weighted by atomic mass is 10.2. The smallest absolute Gasteiger partial charge is 0.193 e. The molecule has 2 aliphatic heterocycles. The normalized spacial score (nSPS) is 22.0. The number of guanidine groups is 1. The highest BCUT2D eigenvalue weighted by molar-refractivity contribution is 14.0. The van der Waals surface area contributed by atoms with E-state index in [1.54, 1.807) is 19.2 Å². The molecule has 1 aromatic rings. The second-order valence-electron chi connectivity index (χ2n) is 6.17. The average molecular weight is 527 g/mol. The van der Waals surface area contributed by atoms with E-state index < -0.39 is 0 Å². The van der Waals surface area contributed by atoms with Gasteiger partial charge in [0.25, 0.3) is 0 Å². The van der Waals surface area contributed by atoms with Gasteiger partial charge in [-0.2, -0.15) is 0 Å². The Bertz CT molecular complexity index is 598. The van der Waals surface area contributed by atoms with Crippen LogP contribution in [0.2, 0.25) is 0 Å². The van der Waals surface area contributed by atoms with Crippen molar-refractivity contribution in [2.75, 3.05) is 46.4 Å². The summed E-state index contributed by atoms with van der Waals surface area (Å²) in [4.78, 5) is 9.19. The number of likely N-dealkylation sites (tertiary alicyclic amines) is 1. The first kappa shape index (κ1) is 20.9. The van der Waals surface area contributed by atoms with E-state index in [0.717, 1.165) is 61.8 Å². The number of nitrogens with one attached hydrogen (secondary N) is 1. The lowest BCUT2D eigenvalue weighted by Crippen LogP contribution is -2.46. The number of morpholine rings is 1. The van der Waals surface area contributed by atoms with Crippen molar-refractivity contribution >= 4 is 45.9 Å². The van der Waals surface area contributed by atoms with Crippen LogP contribution in [0.5, 0.6) is 0 Å². The molecule has 0 saturated carbocycles. The van der Waals surface area contributed by atoms with E-state index in [4.69, 9.17) is 4.74 Å². The lowest BCUT2D eigenvalue weighted by molar-refractivity contribution is 0.0195. The van der Waals surface area contributed by atoms with Crippen LogP contribution in [0.15, 0.2) is 27.7 Å². The maximum atomic E-state index is 13.4. The van der Waals surface area contributed by atoms with E-state index in [2.05, 4.69) is 36.0 Å². The third-order valence-corrected chi connectivity index (χ3v) is 5.46. The van der Waals surface area contributed by atoms with Crippen LogP contribution < -0.4 is 5.32 Å². The molecule has 0 aromatic heterocycles. The molecule has 8 heteroatoms. The second-order valence-corrected chi connectivity index (χ2v) is 7.03. The van der Waals surface area contributed by atoms with Crippen molar-refractivity contribution in [1.29, 1.82) is 0 Å². The molecule has 0 radical (unpaired) electrons. The van der Waals surface area contributed by atoms with E-state index in [-0.39, 0.29) is 29.8 Å². The van der Waals surface area contributed by atoms with Gasteiger partial charge in [-0.25, -0.2) is 4.39 Å². The summed E-state index contributed by atoms with van der Waals surface area (Å²) >= 11 is 3.47. The Kier molecular flexibility index (Phi) is 8.37. The standard InChI is InChI=1S/C17H24BrFN4O.HI/c1-20-17(21-11-13-10-14(19)2-3-16(13)18)23-5-4-15(12-23)22-6-8-24-9-7-22;/h2-3,10,15H,4-9,11-12H2,1H3,(H,20,21);1H. The quantitative estimate of drug-likeness (QED) is 0.373. The minimum absolute atomic E-state index is 0. The molecule has 2 aliphatic rings. The van der Waals surface area contributed by atoms with E-state index in [1.807, 2.05) is 0 Å². The zero-order valence-electron chi connectivity index (χ0n) is 14.4. The third-order valence-electron chi connectivity index (χ3n) is 4.68. The van der Waals surface area contributed by atoms with Gasteiger partial charge >= 0.3 is 0 Å². The number of halogens is 3. The highest BCUT2D eigenvalue weighted by Gasteiger charge is 2.30. The van der Waals surface area contributed by atoms with Gasteiger partial charge in [-0.1, -0.05) is 15.9 Å². The summed E-state index contributed by atoms with van der Waals surface area (Å²) < 4.78 is 19.7. The third kappa shape index (κ3) is 5.51. The van der Waals surface area contributed by atoms with Crippen LogP contribution in [0.1, 0.15) is 12.0 Å². The summed E-state index contributed by atoms with van der Waals surface area (Å²) in [6.07, 6.45) is 1.14. The summed E-state index contributed by atoms with van der Waals surface area (Å²) in [6, 6.07) is 5.30. The first-order chi connectivity index (χ1) is 11.7. The van der Waals surface area contributed by atoms with E-state index in [1.165, 1.54) is 6.07 Å². The first-order valence-corrected chi connectivity index (χ1v) is 9.18. The average Bonchev–Trinajstić information content (AvgIpc) is 3.09. The molecule has 2 heterocycles. The Morgan fingerprint density at radius 2 is 2.12 bits per heavy atom. The topological polar surface area (TPSA) is 40.1 Å². The Hall–Kier alpha value is -0.450. The van der Waals surface area contributed by atoms with Gasteiger partial charge in [0.2, 0.25) is 0 Å². The van der Waals surface area contributed by atoms with Crippen molar-refractivity contribution in [3.8, 4) is 0 Å². The summed E-state index contributed by atoms with van der Waals surface area (Å²) in [7, 11) is 1.80. The monoisotopic (exact) mass is 526 g/mol. The van der Waals surface area contributed by atoms with Gasteiger partial charge in [0.15, 0.2) is 5.96 Å². The predicted molar refractivity (Wildman–Crippen MR) is 112 cm³/mol. The largest absolute Gasteiger partial charge is 0.379 e. The Morgan fingerprint density at radius 3 is 2.84 bits per heavy atom. The molecule has 3 rings (SSSR count). The van der Waals surface area contributed by atoms with Crippen molar-refractivity contribution in [2.24, 2.45) is 4.99 Å². The molecule has 2 saturated heterocycles. The Balaban J connectivity index is 0.00000225. The fraction of sp³-hybridized carbons (Fsp3) is 0.588. The van der Waals surface area contributed by atoms with Crippen LogP contribution >= 0.6 is 39.9 Å². The Morgan fingerprint density at radius 1 is 1.36 bits per heavy atom. The number of nitrogens with zero attached hydrogens (tertiary/aromatic N) is 3. The van der Waals surface area contributed by atoms with Gasteiger partial charge < -0.3 is 15.0 Å². The second kappa shape index (κ2) is 10.0. The summed E-state index contributed by atoms with van der Waals surface area (Å²) in [5, 5.41) is 3.36. The summed E-state index contributed by atoms with van der Waals surface area (Å²) in [6.45, 7) is 6.20. The highest BCUT2D eigenvalue weighted by atomic mass is 127.